The Morgan fingerprint density at radius 1 is 0.193 bits per heavy atom. The molecule has 5 aromatic heterocycles. The first-order chi connectivity index (χ1) is 43.6. The largest absolute Gasteiger partial charge is 0.309 e. The van der Waals surface area contributed by atoms with Crippen LogP contribution in [0.15, 0.2) is 315 Å². The zero-order chi connectivity index (χ0) is 57.8. The highest BCUT2D eigenvalue weighted by Crippen LogP contribution is 2.43. The minimum atomic E-state index is 0.580. The Balaban J connectivity index is 0.849. The zero-order valence-corrected chi connectivity index (χ0v) is 47.7. The molecule has 88 heavy (non-hydrogen) atoms. The van der Waals surface area contributed by atoms with Crippen molar-refractivity contribution >= 4 is 87.2 Å². The fourth-order valence-corrected chi connectivity index (χ4v) is 14.0. The van der Waals surface area contributed by atoms with Crippen LogP contribution >= 0.6 is 0 Å². The minimum absolute atomic E-state index is 0.580. The molecule has 0 saturated carbocycles. The monoisotopic (exact) mass is 1120 g/mol. The summed E-state index contributed by atoms with van der Waals surface area (Å²) >= 11 is 0. The average Bonchev–Trinajstić information content (AvgIpc) is 4.32. The number of fused-ring (bicyclic) bond motifs is 12. The second kappa shape index (κ2) is 19.9. The van der Waals surface area contributed by atoms with Crippen molar-refractivity contribution in [3.05, 3.63) is 315 Å². The first kappa shape index (κ1) is 49.6. The van der Waals surface area contributed by atoms with Gasteiger partial charge >= 0.3 is 0 Å². The Morgan fingerprint density at radius 3 is 0.977 bits per heavy atom. The number of nitrogens with zero attached hydrogens (tertiary/aromatic N) is 6. The number of rotatable bonds is 9. The summed E-state index contributed by atoms with van der Waals surface area (Å²) in [4.78, 5) is 11.5. The Hall–Kier alpha value is -11.9. The van der Waals surface area contributed by atoms with E-state index < -0.39 is 0 Å². The molecule has 0 fully saturated rings. The van der Waals surface area contributed by atoms with Gasteiger partial charge in [0.2, 0.25) is 5.95 Å². The van der Waals surface area contributed by atoms with Gasteiger partial charge in [0, 0.05) is 66.1 Å². The summed E-state index contributed by atoms with van der Waals surface area (Å²) in [6.07, 6.45) is 0. The van der Waals surface area contributed by atoms with Gasteiger partial charge in [-0.25, -0.2) is 4.98 Å². The van der Waals surface area contributed by atoms with E-state index in [1.165, 1.54) is 43.6 Å². The average molecular weight is 1120 g/mol. The Labute approximate surface area is 507 Å². The molecule has 0 N–H and O–H groups in total. The van der Waals surface area contributed by atoms with Crippen molar-refractivity contribution in [3.63, 3.8) is 0 Å². The molecular weight excluding hydrogens is 1070 g/mol. The van der Waals surface area contributed by atoms with Gasteiger partial charge in [-0.2, -0.15) is 4.98 Å². The highest BCUT2D eigenvalue weighted by molar-refractivity contribution is 6.15. The van der Waals surface area contributed by atoms with Crippen LogP contribution in [0.2, 0.25) is 0 Å². The molecule has 13 aromatic carbocycles. The van der Waals surface area contributed by atoms with Crippen LogP contribution in [0, 0.1) is 0 Å². The van der Waals surface area contributed by atoms with Gasteiger partial charge in [-0.3, -0.25) is 9.13 Å². The maximum Gasteiger partial charge on any atom is 0.237 e. The summed E-state index contributed by atoms with van der Waals surface area (Å²) < 4.78 is 9.37. The van der Waals surface area contributed by atoms with E-state index >= 15 is 0 Å². The topological polar surface area (TPSA) is 45.5 Å². The summed E-state index contributed by atoms with van der Waals surface area (Å²) in [5.41, 5.74) is 22.0. The number of benzene rings is 13. The third kappa shape index (κ3) is 7.82. The Bertz CT molecular complexity index is 5500. The van der Waals surface area contributed by atoms with Crippen molar-refractivity contribution in [2.75, 3.05) is 0 Å². The summed E-state index contributed by atoms with van der Waals surface area (Å²) in [6, 6.07) is 114. The van der Waals surface area contributed by atoms with Gasteiger partial charge in [0.15, 0.2) is 0 Å². The second-order valence-corrected chi connectivity index (χ2v) is 22.9. The van der Waals surface area contributed by atoms with Gasteiger partial charge in [0.05, 0.1) is 49.8 Å². The second-order valence-electron chi connectivity index (χ2n) is 22.9. The van der Waals surface area contributed by atoms with E-state index in [1.54, 1.807) is 0 Å². The van der Waals surface area contributed by atoms with Gasteiger partial charge in [0.1, 0.15) is 5.82 Å². The van der Waals surface area contributed by atoms with Gasteiger partial charge in [-0.1, -0.05) is 206 Å². The first-order valence-corrected chi connectivity index (χ1v) is 30.0. The predicted molar refractivity (Wildman–Crippen MR) is 367 cm³/mol. The third-order valence-corrected chi connectivity index (χ3v) is 18.0. The molecule has 0 aliphatic heterocycles. The predicted octanol–water partition coefficient (Wildman–Crippen LogP) is 21.2. The molecule has 0 unspecified atom stereocenters. The van der Waals surface area contributed by atoms with Crippen molar-refractivity contribution in [3.8, 4) is 78.9 Å². The van der Waals surface area contributed by atoms with Crippen LogP contribution in [-0.2, 0) is 0 Å². The highest BCUT2D eigenvalue weighted by atomic mass is 15.2. The maximum absolute atomic E-state index is 5.78. The van der Waals surface area contributed by atoms with Crippen molar-refractivity contribution in [2.24, 2.45) is 0 Å². The van der Waals surface area contributed by atoms with Crippen molar-refractivity contribution < 1.29 is 0 Å². The van der Waals surface area contributed by atoms with Crippen LogP contribution in [0.25, 0.3) is 166 Å². The molecule has 0 amide bonds. The molecule has 18 rings (SSSR count). The molecule has 5 heterocycles. The van der Waals surface area contributed by atoms with E-state index in [-0.39, 0.29) is 0 Å². The standard InChI is InChI=1S/C82H52N6/c1-5-21-53(22-6-1)55-37-42-62(54-23-7-2-8-24-54)67(47-55)72-52-81(87-75-35-19-15-31-65(75)70-50-58(40-45-79(70)87)56-38-43-77-68(48-56)63-29-13-17-33-73(63)85(77)60-25-9-3-10-26-60)84-82(83-72)88-76-36-20-16-32-66(76)71-51-59(41-46-80(71)88)57-39-44-78-69(49-57)64-30-14-18-34-74(64)86(78)61-27-11-4-12-28-61/h1-52H. The molecule has 0 spiro atoms. The van der Waals surface area contributed by atoms with Crippen molar-refractivity contribution in [1.82, 2.24) is 28.2 Å². The van der Waals surface area contributed by atoms with Gasteiger partial charge in [0.25, 0.3) is 0 Å². The van der Waals surface area contributed by atoms with E-state index in [4.69, 9.17) is 9.97 Å². The summed E-state index contributed by atoms with van der Waals surface area (Å²) in [6.45, 7) is 0. The van der Waals surface area contributed by atoms with Crippen LogP contribution < -0.4 is 0 Å². The smallest absolute Gasteiger partial charge is 0.237 e. The molecular formula is C82H52N6. The Morgan fingerprint density at radius 2 is 0.523 bits per heavy atom. The maximum atomic E-state index is 5.78. The molecule has 0 saturated heterocycles. The number of hydrogen-bond acceptors (Lipinski definition) is 2. The van der Waals surface area contributed by atoms with E-state index in [0.29, 0.717) is 5.95 Å². The molecule has 6 heteroatoms. The fraction of sp³-hybridized carbons (Fsp3) is 0. The minimum Gasteiger partial charge on any atom is -0.309 e. The summed E-state index contributed by atoms with van der Waals surface area (Å²) in [5.74, 6) is 1.35. The van der Waals surface area contributed by atoms with E-state index in [9.17, 15) is 0 Å². The normalized spacial score (nSPS) is 11.9. The zero-order valence-electron chi connectivity index (χ0n) is 47.7. The lowest BCUT2D eigenvalue weighted by atomic mass is 9.93. The van der Waals surface area contributed by atoms with Gasteiger partial charge in [-0.15, -0.1) is 0 Å². The highest BCUT2D eigenvalue weighted by Gasteiger charge is 2.23. The summed E-state index contributed by atoms with van der Waals surface area (Å²) in [5, 5.41) is 9.43. The Kier molecular flexibility index (Phi) is 11.2. The third-order valence-electron chi connectivity index (χ3n) is 18.0. The molecule has 18 aromatic rings. The number of para-hydroxylation sites is 6. The molecule has 0 aliphatic rings. The fourth-order valence-electron chi connectivity index (χ4n) is 14.0. The molecule has 0 atom stereocenters. The SMILES string of the molecule is c1ccc(-c2ccc(-c3ccccc3)c(-c3cc(-n4c5ccccc5c5cc(-c6ccc7c(c6)c6ccccc6n7-c6ccccc6)ccc54)nc(-n4c5ccccc5c5cc(-c6ccc7c(c6)c6ccccc6n7-c6ccccc6)ccc54)n3)c2)cc1. The molecule has 0 bridgehead atoms. The van der Waals surface area contributed by atoms with Crippen LogP contribution in [-0.4, -0.2) is 28.2 Å². The molecule has 0 aliphatic carbocycles. The van der Waals surface area contributed by atoms with Crippen LogP contribution in [0.5, 0.6) is 0 Å². The number of aromatic nitrogens is 6. The van der Waals surface area contributed by atoms with E-state index in [1.807, 2.05) is 0 Å². The molecule has 0 radical (unpaired) electrons. The lowest BCUT2D eigenvalue weighted by Gasteiger charge is -2.17. The van der Waals surface area contributed by atoms with Crippen LogP contribution in [0.4, 0.5) is 0 Å². The van der Waals surface area contributed by atoms with E-state index in [0.717, 1.165) is 117 Å². The van der Waals surface area contributed by atoms with E-state index in [2.05, 4.69) is 334 Å². The molecule has 410 valence electrons. The quantitative estimate of drug-likeness (QED) is 0.145. The van der Waals surface area contributed by atoms with Gasteiger partial charge < -0.3 is 9.13 Å². The van der Waals surface area contributed by atoms with Gasteiger partial charge in [-0.05, 0) is 148 Å². The van der Waals surface area contributed by atoms with Crippen LogP contribution in [0.3, 0.4) is 0 Å². The molecule has 6 nitrogen and oxygen atoms in total. The van der Waals surface area contributed by atoms with Crippen molar-refractivity contribution in [1.29, 1.82) is 0 Å². The van der Waals surface area contributed by atoms with Crippen LogP contribution in [0.1, 0.15) is 0 Å². The lowest BCUT2D eigenvalue weighted by Crippen LogP contribution is -2.07. The van der Waals surface area contributed by atoms with Crippen molar-refractivity contribution in [2.45, 2.75) is 0 Å². The summed E-state index contributed by atoms with van der Waals surface area (Å²) in [7, 11) is 0. The lowest BCUT2D eigenvalue weighted by molar-refractivity contribution is 0.952. The number of hydrogen-bond donors (Lipinski definition) is 0. The first-order valence-electron chi connectivity index (χ1n) is 30.0.